The first kappa shape index (κ1) is 22.8. The molecule has 2 rings (SSSR count). The summed E-state index contributed by atoms with van der Waals surface area (Å²) in [4.78, 5) is 27.9. The summed E-state index contributed by atoms with van der Waals surface area (Å²) in [6, 6.07) is 3.33. The number of methoxy groups -OCH3 is 4. The van der Waals surface area contributed by atoms with E-state index in [-0.39, 0.29) is 11.8 Å². The molecule has 1 aromatic carbocycles. The van der Waals surface area contributed by atoms with E-state index in [9.17, 15) is 9.59 Å². The van der Waals surface area contributed by atoms with Crippen LogP contribution in [0.2, 0.25) is 0 Å². The summed E-state index contributed by atoms with van der Waals surface area (Å²) in [5, 5.41) is 2.90. The van der Waals surface area contributed by atoms with Gasteiger partial charge in [0.1, 0.15) is 0 Å². The fourth-order valence-electron chi connectivity index (χ4n) is 3.32. The predicted octanol–water partition coefficient (Wildman–Crippen LogP) is -0.794. The average Bonchev–Trinajstić information content (AvgIpc) is 2.75. The summed E-state index contributed by atoms with van der Waals surface area (Å²) in [6.45, 7) is 4.28. The van der Waals surface area contributed by atoms with Crippen molar-refractivity contribution < 1.29 is 33.4 Å². The van der Waals surface area contributed by atoms with Crippen LogP contribution in [0, 0.1) is 0 Å². The SMILES string of the molecule is COCCCNC(=O)C[NH+]1CCN(C(=O)c2cc(OC)c(OC)c(OC)c2)CC1. The quantitative estimate of drug-likeness (QED) is 0.491. The molecule has 2 N–H and O–H groups in total. The number of quaternary nitrogens is 1. The Morgan fingerprint density at radius 1 is 1.03 bits per heavy atom. The van der Waals surface area contributed by atoms with Gasteiger partial charge in [0, 0.05) is 25.8 Å². The van der Waals surface area contributed by atoms with Gasteiger partial charge in [-0.15, -0.1) is 0 Å². The molecule has 1 aromatic rings. The van der Waals surface area contributed by atoms with Gasteiger partial charge < -0.3 is 34.1 Å². The summed E-state index contributed by atoms with van der Waals surface area (Å²) in [5.41, 5.74) is 0.485. The zero-order valence-corrected chi connectivity index (χ0v) is 17.7. The molecule has 0 bridgehead atoms. The molecule has 0 atom stereocenters. The molecular formula is C20H32N3O6+. The molecule has 9 nitrogen and oxygen atoms in total. The maximum Gasteiger partial charge on any atom is 0.275 e. The molecule has 2 amide bonds. The summed E-state index contributed by atoms with van der Waals surface area (Å²) in [5.74, 6) is 1.29. The van der Waals surface area contributed by atoms with Gasteiger partial charge in [-0.05, 0) is 18.6 Å². The predicted molar refractivity (Wildman–Crippen MR) is 107 cm³/mol. The Labute approximate surface area is 171 Å². The minimum Gasteiger partial charge on any atom is -0.493 e. The van der Waals surface area contributed by atoms with Crippen molar-refractivity contribution in [2.24, 2.45) is 0 Å². The molecule has 162 valence electrons. The third-order valence-corrected chi connectivity index (χ3v) is 4.93. The van der Waals surface area contributed by atoms with E-state index in [1.165, 1.54) is 26.2 Å². The van der Waals surface area contributed by atoms with Crippen LogP contribution in [0.25, 0.3) is 0 Å². The molecule has 0 aliphatic carbocycles. The number of hydrogen-bond donors (Lipinski definition) is 2. The molecule has 9 heteroatoms. The van der Waals surface area contributed by atoms with Gasteiger partial charge in [0.25, 0.3) is 11.8 Å². The third kappa shape index (κ3) is 6.23. The van der Waals surface area contributed by atoms with Gasteiger partial charge in [-0.25, -0.2) is 0 Å². The molecule has 1 heterocycles. The maximum atomic E-state index is 12.9. The van der Waals surface area contributed by atoms with Crippen LogP contribution in [0.4, 0.5) is 0 Å². The second-order valence-electron chi connectivity index (χ2n) is 6.83. The normalized spacial score (nSPS) is 14.4. The molecule has 29 heavy (non-hydrogen) atoms. The van der Waals surface area contributed by atoms with Crippen molar-refractivity contribution in [3.8, 4) is 17.2 Å². The number of benzene rings is 1. The molecule has 1 aliphatic rings. The molecule has 0 aromatic heterocycles. The number of carbonyl (C=O) groups excluding carboxylic acids is 2. The topological polar surface area (TPSA) is 90.8 Å². The van der Waals surface area contributed by atoms with Crippen molar-refractivity contribution >= 4 is 11.8 Å². The smallest absolute Gasteiger partial charge is 0.275 e. The number of ether oxygens (including phenoxy) is 4. The molecule has 0 saturated carbocycles. The summed E-state index contributed by atoms with van der Waals surface area (Å²) >= 11 is 0. The Balaban J connectivity index is 1.91. The number of carbonyl (C=O) groups is 2. The van der Waals surface area contributed by atoms with Crippen LogP contribution in [0.15, 0.2) is 12.1 Å². The van der Waals surface area contributed by atoms with E-state index in [2.05, 4.69) is 5.32 Å². The maximum absolute atomic E-state index is 12.9. The molecule has 1 fully saturated rings. The average molecular weight is 410 g/mol. The monoisotopic (exact) mass is 410 g/mol. The van der Waals surface area contributed by atoms with Crippen LogP contribution in [0.3, 0.4) is 0 Å². The molecule has 1 saturated heterocycles. The summed E-state index contributed by atoms with van der Waals surface area (Å²) in [6.07, 6.45) is 0.800. The van der Waals surface area contributed by atoms with Crippen molar-refractivity contribution in [2.45, 2.75) is 6.42 Å². The zero-order valence-electron chi connectivity index (χ0n) is 17.7. The molecule has 0 spiro atoms. The molecule has 0 unspecified atom stereocenters. The van der Waals surface area contributed by atoms with Crippen LogP contribution < -0.4 is 24.4 Å². The minimum atomic E-state index is -0.0904. The Kier molecular flexibility index (Phi) is 9.01. The lowest BCUT2D eigenvalue weighted by Crippen LogP contribution is -3.15. The highest BCUT2D eigenvalue weighted by Crippen LogP contribution is 2.38. The van der Waals surface area contributed by atoms with Crippen molar-refractivity contribution in [3.05, 3.63) is 17.7 Å². The largest absolute Gasteiger partial charge is 0.493 e. The summed E-state index contributed by atoms with van der Waals surface area (Å²) in [7, 11) is 6.21. The van der Waals surface area contributed by atoms with Crippen molar-refractivity contribution in [2.75, 3.05) is 74.3 Å². The Morgan fingerprint density at radius 2 is 1.66 bits per heavy atom. The minimum absolute atomic E-state index is 0.0282. The van der Waals surface area contributed by atoms with E-state index in [4.69, 9.17) is 18.9 Å². The molecular weight excluding hydrogens is 378 g/mol. The van der Waals surface area contributed by atoms with Gasteiger partial charge in [0.15, 0.2) is 18.0 Å². The second-order valence-corrected chi connectivity index (χ2v) is 6.83. The fourth-order valence-corrected chi connectivity index (χ4v) is 3.32. The van der Waals surface area contributed by atoms with E-state index in [1.807, 2.05) is 0 Å². The first-order chi connectivity index (χ1) is 14.0. The molecule has 1 aliphatic heterocycles. The number of amides is 2. The number of rotatable bonds is 10. The van der Waals surface area contributed by atoms with E-state index >= 15 is 0 Å². The lowest BCUT2D eigenvalue weighted by atomic mass is 10.1. The van der Waals surface area contributed by atoms with Crippen LogP contribution in [0.1, 0.15) is 16.8 Å². The standard InChI is InChI=1S/C20H31N3O6/c1-26-11-5-6-21-18(24)14-22-7-9-23(10-8-22)20(25)15-12-16(27-2)19(29-4)17(13-15)28-3/h12-13H,5-11,14H2,1-4H3,(H,21,24)/p+1. The van der Waals surface area contributed by atoms with E-state index in [0.717, 1.165) is 19.5 Å². The highest BCUT2D eigenvalue weighted by molar-refractivity contribution is 5.95. The lowest BCUT2D eigenvalue weighted by Gasteiger charge is -2.32. The molecule has 0 radical (unpaired) electrons. The Morgan fingerprint density at radius 3 is 2.17 bits per heavy atom. The first-order valence-corrected chi connectivity index (χ1v) is 9.72. The highest BCUT2D eigenvalue weighted by atomic mass is 16.5. The number of nitrogens with one attached hydrogen (secondary N) is 2. The van der Waals surface area contributed by atoms with Crippen molar-refractivity contribution in [1.29, 1.82) is 0 Å². The van der Waals surface area contributed by atoms with Crippen LogP contribution in [-0.2, 0) is 9.53 Å². The first-order valence-electron chi connectivity index (χ1n) is 9.72. The number of piperazine rings is 1. The van der Waals surface area contributed by atoms with E-state index < -0.39 is 0 Å². The van der Waals surface area contributed by atoms with Crippen LogP contribution in [0.5, 0.6) is 17.2 Å². The van der Waals surface area contributed by atoms with Crippen molar-refractivity contribution in [3.63, 3.8) is 0 Å². The zero-order chi connectivity index (χ0) is 21.2. The van der Waals surface area contributed by atoms with Gasteiger partial charge in [-0.3, -0.25) is 9.59 Å². The van der Waals surface area contributed by atoms with Gasteiger partial charge in [0.2, 0.25) is 5.75 Å². The van der Waals surface area contributed by atoms with E-state index in [0.29, 0.717) is 55.6 Å². The van der Waals surface area contributed by atoms with E-state index in [1.54, 1.807) is 24.1 Å². The van der Waals surface area contributed by atoms with Gasteiger partial charge >= 0.3 is 0 Å². The highest BCUT2D eigenvalue weighted by Gasteiger charge is 2.27. The fraction of sp³-hybridized carbons (Fsp3) is 0.600. The Bertz CT molecular complexity index is 664. The Hall–Kier alpha value is -2.52. The van der Waals surface area contributed by atoms with Crippen LogP contribution in [-0.4, -0.2) is 91.0 Å². The third-order valence-electron chi connectivity index (χ3n) is 4.93. The van der Waals surface area contributed by atoms with Gasteiger partial charge in [-0.2, -0.15) is 0 Å². The van der Waals surface area contributed by atoms with Gasteiger partial charge in [-0.1, -0.05) is 0 Å². The van der Waals surface area contributed by atoms with Gasteiger partial charge in [0.05, 0.1) is 47.5 Å². The number of nitrogens with zero attached hydrogens (tertiary/aromatic N) is 1. The van der Waals surface area contributed by atoms with Crippen LogP contribution >= 0.6 is 0 Å². The number of hydrogen-bond acceptors (Lipinski definition) is 6. The summed E-state index contributed by atoms with van der Waals surface area (Å²) < 4.78 is 20.9. The van der Waals surface area contributed by atoms with Crippen molar-refractivity contribution in [1.82, 2.24) is 10.2 Å². The second kappa shape index (κ2) is 11.5. The lowest BCUT2D eigenvalue weighted by molar-refractivity contribution is -0.896.